The Balaban J connectivity index is 4.09. The van der Waals surface area contributed by atoms with Crippen LogP contribution in [0.15, 0.2) is 0 Å². The average Bonchev–Trinajstić information content (AvgIpc) is 2.30. The summed E-state index contributed by atoms with van der Waals surface area (Å²) in [5.74, 6) is 0.691. The first-order valence-corrected chi connectivity index (χ1v) is 7.97. The van der Waals surface area contributed by atoms with Crippen molar-refractivity contribution in [3.05, 3.63) is 0 Å². The lowest BCUT2D eigenvalue weighted by molar-refractivity contribution is -0.124. The molecular formula is C12H26O5S. The van der Waals surface area contributed by atoms with E-state index in [0.717, 1.165) is 0 Å². The zero-order valence-electron chi connectivity index (χ0n) is 11.8. The maximum absolute atomic E-state index is 12.0. The molecule has 0 aliphatic carbocycles. The summed E-state index contributed by atoms with van der Waals surface area (Å²) < 4.78 is 33.4. The molecule has 0 aromatic rings. The van der Waals surface area contributed by atoms with Gasteiger partial charge in [-0.3, -0.25) is 4.21 Å². The van der Waals surface area contributed by atoms with Gasteiger partial charge in [0.15, 0.2) is 12.6 Å². The second kappa shape index (κ2) is 12.0. The van der Waals surface area contributed by atoms with Crippen LogP contribution in [0.5, 0.6) is 0 Å². The van der Waals surface area contributed by atoms with Crippen LogP contribution in [0.4, 0.5) is 0 Å². The molecular weight excluding hydrogens is 256 g/mol. The standard InChI is InChI=1S/C12H26O5S/c1-5-14-11(15-6-2)9-18(13)10-12(16-7-3)17-8-4/h11-12H,5-10H2,1-4H3. The fourth-order valence-corrected chi connectivity index (χ4v) is 2.53. The van der Waals surface area contributed by atoms with Gasteiger partial charge in [0.25, 0.3) is 0 Å². The van der Waals surface area contributed by atoms with E-state index < -0.39 is 23.4 Å². The van der Waals surface area contributed by atoms with E-state index in [1.807, 2.05) is 27.7 Å². The number of rotatable bonds is 12. The molecule has 0 N–H and O–H groups in total. The van der Waals surface area contributed by atoms with Gasteiger partial charge in [0.05, 0.1) is 11.5 Å². The predicted octanol–water partition coefficient (Wildman–Crippen LogP) is 1.53. The van der Waals surface area contributed by atoms with Crippen molar-refractivity contribution in [2.75, 3.05) is 37.9 Å². The van der Waals surface area contributed by atoms with Gasteiger partial charge in [0.1, 0.15) is 0 Å². The number of hydrogen-bond acceptors (Lipinski definition) is 5. The molecule has 0 saturated heterocycles. The van der Waals surface area contributed by atoms with Crippen LogP contribution in [0.2, 0.25) is 0 Å². The summed E-state index contributed by atoms with van der Waals surface area (Å²) in [6.07, 6.45) is -0.825. The fraction of sp³-hybridized carbons (Fsp3) is 1.00. The first-order valence-electron chi connectivity index (χ1n) is 6.49. The Labute approximate surface area is 113 Å². The van der Waals surface area contributed by atoms with E-state index in [0.29, 0.717) is 37.9 Å². The van der Waals surface area contributed by atoms with Gasteiger partial charge in [-0.2, -0.15) is 0 Å². The van der Waals surface area contributed by atoms with E-state index in [4.69, 9.17) is 18.9 Å². The van der Waals surface area contributed by atoms with Crippen LogP contribution >= 0.6 is 0 Å². The molecule has 110 valence electrons. The van der Waals surface area contributed by atoms with Crippen molar-refractivity contribution in [2.24, 2.45) is 0 Å². The van der Waals surface area contributed by atoms with Gasteiger partial charge in [-0.15, -0.1) is 0 Å². The Morgan fingerprint density at radius 3 is 1.22 bits per heavy atom. The third kappa shape index (κ3) is 8.99. The Kier molecular flexibility index (Phi) is 12.0. The van der Waals surface area contributed by atoms with Crippen LogP contribution in [0.3, 0.4) is 0 Å². The van der Waals surface area contributed by atoms with E-state index in [1.165, 1.54) is 0 Å². The van der Waals surface area contributed by atoms with E-state index in [2.05, 4.69) is 0 Å². The van der Waals surface area contributed by atoms with Gasteiger partial charge in [-0.05, 0) is 27.7 Å². The van der Waals surface area contributed by atoms with E-state index in [1.54, 1.807) is 0 Å². The minimum absolute atomic E-state index is 0.346. The van der Waals surface area contributed by atoms with Crippen molar-refractivity contribution in [1.82, 2.24) is 0 Å². The Morgan fingerprint density at radius 1 is 0.722 bits per heavy atom. The Bertz CT molecular complexity index is 181. The first kappa shape index (κ1) is 18.0. The molecule has 0 aliphatic rings. The molecule has 5 nitrogen and oxygen atoms in total. The van der Waals surface area contributed by atoms with Gasteiger partial charge in [0.2, 0.25) is 0 Å². The quantitative estimate of drug-likeness (QED) is 0.508. The summed E-state index contributed by atoms with van der Waals surface area (Å²) in [5.41, 5.74) is 0. The van der Waals surface area contributed by atoms with Crippen molar-refractivity contribution in [3.8, 4) is 0 Å². The van der Waals surface area contributed by atoms with Crippen LogP contribution in [-0.4, -0.2) is 54.7 Å². The van der Waals surface area contributed by atoms with Crippen molar-refractivity contribution in [3.63, 3.8) is 0 Å². The minimum Gasteiger partial charge on any atom is -0.352 e. The molecule has 0 fully saturated rings. The summed E-state index contributed by atoms with van der Waals surface area (Å²) in [6, 6.07) is 0. The summed E-state index contributed by atoms with van der Waals surface area (Å²) in [6.45, 7) is 9.72. The monoisotopic (exact) mass is 282 g/mol. The van der Waals surface area contributed by atoms with Gasteiger partial charge in [-0.1, -0.05) is 0 Å². The number of ether oxygens (including phenoxy) is 4. The second-order valence-corrected chi connectivity index (χ2v) is 5.00. The minimum atomic E-state index is -1.09. The SMILES string of the molecule is CCOC(CS(=O)CC(OCC)OCC)OCC. The molecule has 0 saturated carbocycles. The van der Waals surface area contributed by atoms with Crippen LogP contribution in [0.25, 0.3) is 0 Å². The van der Waals surface area contributed by atoms with Crippen LogP contribution < -0.4 is 0 Å². The highest BCUT2D eigenvalue weighted by Crippen LogP contribution is 2.03. The van der Waals surface area contributed by atoms with Crippen LogP contribution in [-0.2, 0) is 29.7 Å². The molecule has 0 aromatic carbocycles. The van der Waals surface area contributed by atoms with E-state index in [-0.39, 0.29) is 0 Å². The highest BCUT2D eigenvalue weighted by atomic mass is 32.2. The zero-order chi connectivity index (χ0) is 13.8. The summed E-state index contributed by atoms with van der Waals surface area (Å²) in [4.78, 5) is 0. The molecule has 0 rings (SSSR count). The first-order chi connectivity index (χ1) is 8.67. The van der Waals surface area contributed by atoms with Crippen molar-refractivity contribution in [2.45, 2.75) is 40.3 Å². The van der Waals surface area contributed by atoms with Gasteiger partial charge < -0.3 is 18.9 Å². The highest BCUT2D eigenvalue weighted by molar-refractivity contribution is 7.85. The van der Waals surface area contributed by atoms with Crippen molar-refractivity contribution in [1.29, 1.82) is 0 Å². The van der Waals surface area contributed by atoms with Gasteiger partial charge in [0, 0.05) is 37.2 Å². The van der Waals surface area contributed by atoms with Crippen molar-refractivity contribution >= 4 is 10.8 Å². The van der Waals surface area contributed by atoms with Gasteiger partial charge >= 0.3 is 0 Å². The highest BCUT2D eigenvalue weighted by Gasteiger charge is 2.17. The third-order valence-corrected chi connectivity index (χ3v) is 3.34. The van der Waals surface area contributed by atoms with E-state index in [9.17, 15) is 4.21 Å². The predicted molar refractivity (Wildman–Crippen MR) is 72.0 cm³/mol. The molecule has 18 heavy (non-hydrogen) atoms. The lowest BCUT2D eigenvalue weighted by atomic mass is 10.7. The topological polar surface area (TPSA) is 54.0 Å². The summed E-state index contributed by atoms with van der Waals surface area (Å²) >= 11 is 0. The maximum atomic E-state index is 12.0. The van der Waals surface area contributed by atoms with Crippen LogP contribution in [0, 0.1) is 0 Å². The fourth-order valence-electron chi connectivity index (χ4n) is 1.40. The zero-order valence-corrected chi connectivity index (χ0v) is 12.7. The van der Waals surface area contributed by atoms with Crippen LogP contribution in [0.1, 0.15) is 27.7 Å². The molecule has 6 heteroatoms. The smallest absolute Gasteiger partial charge is 0.168 e. The molecule has 0 heterocycles. The van der Waals surface area contributed by atoms with Gasteiger partial charge in [-0.25, -0.2) is 0 Å². The second-order valence-electron chi connectivity index (χ2n) is 3.45. The summed E-state index contributed by atoms with van der Waals surface area (Å²) in [5, 5.41) is 0. The third-order valence-electron chi connectivity index (χ3n) is 2.05. The molecule has 0 aromatic heterocycles. The molecule has 0 bridgehead atoms. The largest absolute Gasteiger partial charge is 0.352 e. The molecule has 0 spiro atoms. The average molecular weight is 282 g/mol. The maximum Gasteiger partial charge on any atom is 0.168 e. The normalized spacial score (nSPS) is 11.9. The summed E-state index contributed by atoms with van der Waals surface area (Å²) in [7, 11) is -1.09. The lowest BCUT2D eigenvalue weighted by Crippen LogP contribution is -2.30. The van der Waals surface area contributed by atoms with Crippen molar-refractivity contribution < 1.29 is 23.2 Å². The molecule has 0 atom stereocenters. The molecule has 0 unspecified atom stereocenters. The number of hydrogen-bond donors (Lipinski definition) is 0. The molecule has 0 radical (unpaired) electrons. The Hall–Kier alpha value is -0.0100. The molecule has 0 aliphatic heterocycles. The molecule has 0 amide bonds. The van der Waals surface area contributed by atoms with E-state index >= 15 is 0 Å². The lowest BCUT2D eigenvalue weighted by Gasteiger charge is -2.19. The Morgan fingerprint density at radius 2 is 1.00 bits per heavy atom.